The fourth-order valence-corrected chi connectivity index (χ4v) is 1.64. The number of anilines is 1. The zero-order valence-corrected chi connectivity index (χ0v) is 10.6. The number of hydrogen-bond acceptors (Lipinski definition) is 4. The highest BCUT2D eigenvalue weighted by atomic mass is 16.3. The second-order valence-corrected chi connectivity index (χ2v) is 4.23. The summed E-state index contributed by atoms with van der Waals surface area (Å²) >= 11 is 0. The van der Waals surface area contributed by atoms with Gasteiger partial charge >= 0.3 is 0 Å². The second-order valence-electron chi connectivity index (χ2n) is 4.23. The number of phenols is 1. The zero-order valence-electron chi connectivity index (χ0n) is 10.6. The van der Waals surface area contributed by atoms with Gasteiger partial charge in [-0.05, 0) is 36.2 Å². The van der Waals surface area contributed by atoms with Crippen molar-refractivity contribution in [2.24, 2.45) is 5.73 Å². The number of pyridine rings is 1. The third-order valence-corrected chi connectivity index (χ3v) is 2.70. The molecule has 1 amide bonds. The van der Waals surface area contributed by atoms with Gasteiger partial charge in [0.2, 0.25) is 0 Å². The molecule has 0 aliphatic rings. The Labute approximate surface area is 111 Å². The average molecular weight is 257 g/mol. The summed E-state index contributed by atoms with van der Waals surface area (Å²) in [6.45, 7) is 2.24. The fraction of sp³-hybridized carbons (Fsp3) is 0.143. The van der Waals surface area contributed by atoms with E-state index in [0.717, 1.165) is 11.1 Å². The lowest BCUT2D eigenvalue weighted by molar-refractivity contribution is 0.102. The zero-order chi connectivity index (χ0) is 13.8. The van der Waals surface area contributed by atoms with Crippen LogP contribution in [0.4, 0.5) is 5.82 Å². The summed E-state index contributed by atoms with van der Waals surface area (Å²) in [5.74, 6) is -0.0243. The van der Waals surface area contributed by atoms with Crippen LogP contribution in [0.2, 0.25) is 0 Å². The molecule has 2 rings (SSSR count). The van der Waals surface area contributed by atoms with Crippen LogP contribution in [0.15, 0.2) is 36.5 Å². The Morgan fingerprint density at radius 3 is 2.74 bits per heavy atom. The molecule has 4 N–H and O–H groups in total. The molecular formula is C14H15N3O2. The standard InChI is InChI=1S/C14H15N3O2/c1-9-2-4-11(12(18)6-9)14(19)17-13-5-3-10(7-15)8-16-13/h2-6,8,18H,7,15H2,1H3,(H,16,17,19). The molecule has 19 heavy (non-hydrogen) atoms. The van der Waals surface area contributed by atoms with Gasteiger partial charge in [0, 0.05) is 12.7 Å². The van der Waals surface area contributed by atoms with Gasteiger partial charge in [-0.3, -0.25) is 4.79 Å². The molecule has 2 aromatic rings. The summed E-state index contributed by atoms with van der Waals surface area (Å²) < 4.78 is 0. The molecule has 5 nitrogen and oxygen atoms in total. The summed E-state index contributed by atoms with van der Waals surface area (Å²) in [5.41, 5.74) is 7.46. The molecule has 0 radical (unpaired) electrons. The van der Waals surface area contributed by atoms with Gasteiger partial charge in [-0.25, -0.2) is 4.98 Å². The fourth-order valence-electron chi connectivity index (χ4n) is 1.64. The number of amides is 1. The number of aromatic hydroxyl groups is 1. The smallest absolute Gasteiger partial charge is 0.260 e. The van der Waals surface area contributed by atoms with Gasteiger partial charge < -0.3 is 16.2 Å². The van der Waals surface area contributed by atoms with Gasteiger partial charge in [-0.15, -0.1) is 0 Å². The van der Waals surface area contributed by atoms with Crippen LogP contribution in [-0.4, -0.2) is 16.0 Å². The third-order valence-electron chi connectivity index (χ3n) is 2.70. The molecule has 0 spiro atoms. The number of nitrogens with two attached hydrogens (primary N) is 1. The average Bonchev–Trinajstić information content (AvgIpc) is 2.39. The molecular weight excluding hydrogens is 242 g/mol. The number of nitrogens with one attached hydrogen (secondary N) is 1. The number of benzene rings is 1. The van der Waals surface area contributed by atoms with Gasteiger partial charge in [0.15, 0.2) is 0 Å². The van der Waals surface area contributed by atoms with E-state index < -0.39 is 5.91 Å². The highest BCUT2D eigenvalue weighted by molar-refractivity contribution is 6.05. The first-order valence-corrected chi connectivity index (χ1v) is 5.86. The Balaban J connectivity index is 2.15. The minimum absolute atomic E-state index is 0.0453. The van der Waals surface area contributed by atoms with Crippen LogP contribution in [-0.2, 0) is 6.54 Å². The van der Waals surface area contributed by atoms with Crippen molar-refractivity contribution in [3.05, 3.63) is 53.2 Å². The maximum Gasteiger partial charge on any atom is 0.260 e. The minimum atomic E-state index is -0.398. The second kappa shape index (κ2) is 5.49. The van der Waals surface area contributed by atoms with Crippen molar-refractivity contribution in [1.82, 2.24) is 4.98 Å². The van der Waals surface area contributed by atoms with Gasteiger partial charge in [0.1, 0.15) is 11.6 Å². The molecule has 0 bridgehead atoms. The highest BCUT2D eigenvalue weighted by Crippen LogP contribution is 2.19. The summed E-state index contributed by atoms with van der Waals surface area (Å²) in [6.07, 6.45) is 1.60. The molecule has 0 saturated heterocycles. The molecule has 1 aromatic heterocycles. The monoisotopic (exact) mass is 257 g/mol. The van der Waals surface area contributed by atoms with E-state index in [-0.39, 0.29) is 11.3 Å². The van der Waals surface area contributed by atoms with E-state index >= 15 is 0 Å². The molecule has 0 saturated carbocycles. The van der Waals surface area contributed by atoms with Gasteiger partial charge in [-0.2, -0.15) is 0 Å². The summed E-state index contributed by atoms with van der Waals surface area (Å²) in [4.78, 5) is 16.0. The van der Waals surface area contributed by atoms with Crippen molar-refractivity contribution in [3.63, 3.8) is 0 Å². The molecule has 98 valence electrons. The number of carbonyl (C=O) groups is 1. The van der Waals surface area contributed by atoms with Crippen LogP contribution >= 0.6 is 0 Å². The van der Waals surface area contributed by atoms with Crippen molar-refractivity contribution in [2.75, 3.05) is 5.32 Å². The van der Waals surface area contributed by atoms with Gasteiger partial charge in [0.05, 0.1) is 5.56 Å². The Morgan fingerprint density at radius 1 is 1.37 bits per heavy atom. The molecule has 5 heteroatoms. The third kappa shape index (κ3) is 3.08. The molecule has 0 aliphatic heterocycles. The number of aryl methyl sites for hydroxylation is 1. The van der Waals surface area contributed by atoms with Crippen LogP contribution in [0, 0.1) is 6.92 Å². The summed E-state index contributed by atoms with van der Waals surface area (Å²) in [7, 11) is 0. The number of phenolic OH excluding ortho intramolecular Hbond substituents is 1. The normalized spacial score (nSPS) is 10.2. The first-order valence-electron chi connectivity index (χ1n) is 5.86. The lowest BCUT2D eigenvalue weighted by Crippen LogP contribution is -2.13. The SMILES string of the molecule is Cc1ccc(C(=O)Nc2ccc(CN)cn2)c(O)c1. The largest absolute Gasteiger partial charge is 0.507 e. The van der Waals surface area contributed by atoms with E-state index in [2.05, 4.69) is 10.3 Å². The molecule has 1 aromatic carbocycles. The highest BCUT2D eigenvalue weighted by Gasteiger charge is 2.11. The Bertz CT molecular complexity index is 594. The number of nitrogens with zero attached hydrogens (tertiary/aromatic N) is 1. The van der Waals surface area contributed by atoms with Crippen LogP contribution in [0.3, 0.4) is 0 Å². The van der Waals surface area contributed by atoms with Crippen molar-refractivity contribution < 1.29 is 9.90 Å². The van der Waals surface area contributed by atoms with E-state index in [1.807, 2.05) is 6.92 Å². The van der Waals surface area contributed by atoms with Crippen LogP contribution in [0.25, 0.3) is 0 Å². The van der Waals surface area contributed by atoms with E-state index in [1.165, 1.54) is 0 Å². The van der Waals surface area contributed by atoms with E-state index in [1.54, 1.807) is 36.5 Å². The van der Waals surface area contributed by atoms with Crippen LogP contribution in [0.5, 0.6) is 5.75 Å². The van der Waals surface area contributed by atoms with Crippen molar-refractivity contribution >= 4 is 11.7 Å². The Kier molecular flexibility index (Phi) is 3.77. The summed E-state index contributed by atoms with van der Waals surface area (Å²) in [6, 6.07) is 8.34. The lowest BCUT2D eigenvalue weighted by atomic mass is 10.1. The Hall–Kier alpha value is -2.40. The topological polar surface area (TPSA) is 88.2 Å². The Morgan fingerprint density at radius 2 is 2.16 bits per heavy atom. The first-order chi connectivity index (χ1) is 9.10. The molecule has 0 atom stereocenters. The first kappa shape index (κ1) is 13.0. The maximum absolute atomic E-state index is 12.0. The molecule has 0 unspecified atom stereocenters. The number of hydrogen-bond donors (Lipinski definition) is 3. The number of carbonyl (C=O) groups excluding carboxylic acids is 1. The molecule has 0 aliphatic carbocycles. The van der Waals surface area contributed by atoms with Crippen LogP contribution < -0.4 is 11.1 Å². The maximum atomic E-state index is 12.0. The number of aromatic nitrogens is 1. The van der Waals surface area contributed by atoms with E-state index in [9.17, 15) is 9.90 Å². The minimum Gasteiger partial charge on any atom is -0.507 e. The number of rotatable bonds is 3. The lowest BCUT2D eigenvalue weighted by Gasteiger charge is -2.07. The summed E-state index contributed by atoms with van der Waals surface area (Å²) in [5, 5.41) is 12.3. The van der Waals surface area contributed by atoms with Gasteiger partial charge in [-0.1, -0.05) is 12.1 Å². The van der Waals surface area contributed by atoms with Gasteiger partial charge in [0.25, 0.3) is 5.91 Å². The quantitative estimate of drug-likeness (QED) is 0.782. The van der Waals surface area contributed by atoms with E-state index in [4.69, 9.17) is 5.73 Å². The molecule has 0 fully saturated rings. The van der Waals surface area contributed by atoms with Crippen molar-refractivity contribution in [1.29, 1.82) is 0 Å². The van der Waals surface area contributed by atoms with Crippen molar-refractivity contribution in [2.45, 2.75) is 13.5 Å². The molecule has 1 heterocycles. The van der Waals surface area contributed by atoms with E-state index in [0.29, 0.717) is 12.4 Å². The predicted octanol–water partition coefficient (Wildman–Crippen LogP) is 1.81. The van der Waals surface area contributed by atoms with Crippen molar-refractivity contribution in [3.8, 4) is 5.75 Å². The van der Waals surface area contributed by atoms with Crippen LogP contribution in [0.1, 0.15) is 21.5 Å². The predicted molar refractivity (Wildman–Crippen MR) is 72.9 cm³/mol.